The van der Waals surface area contributed by atoms with Crippen LogP contribution in [0.1, 0.15) is 19.3 Å². The van der Waals surface area contributed by atoms with Crippen molar-refractivity contribution in [2.75, 3.05) is 38.5 Å². The van der Waals surface area contributed by atoms with Crippen LogP contribution in [0, 0.1) is 5.92 Å². The van der Waals surface area contributed by atoms with E-state index < -0.39 is 0 Å². The summed E-state index contributed by atoms with van der Waals surface area (Å²) in [5.74, 6) is 0.769. The van der Waals surface area contributed by atoms with Gasteiger partial charge < -0.3 is 15.5 Å². The third-order valence-corrected chi connectivity index (χ3v) is 4.20. The Balaban J connectivity index is 1.59. The minimum absolute atomic E-state index is 0.0272. The van der Waals surface area contributed by atoms with Gasteiger partial charge in [0, 0.05) is 10.7 Å². The van der Waals surface area contributed by atoms with E-state index in [-0.39, 0.29) is 5.91 Å². The minimum Gasteiger partial charge on any atom is -0.325 e. The smallest absolute Gasteiger partial charge is 0.238 e. The lowest BCUT2D eigenvalue weighted by molar-refractivity contribution is -0.115. The van der Waals surface area contributed by atoms with Crippen LogP contribution >= 0.6 is 11.6 Å². The van der Waals surface area contributed by atoms with Gasteiger partial charge in [-0.1, -0.05) is 17.7 Å². The van der Waals surface area contributed by atoms with Gasteiger partial charge in [-0.2, -0.15) is 0 Å². The predicted octanol–water partition coefficient (Wildman–Crippen LogP) is 2.60. The van der Waals surface area contributed by atoms with Crippen molar-refractivity contribution in [2.24, 2.45) is 5.92 Å². The van der Waals surface area contributed by atoms with Gasteiger partial charge in [0.15, 0.2) is 0 Å². The number of amides is 1. The molecule has 1 fully saturated rings. The number of hydrogen-bond acceptors (Lipinski definition) is 3. The van der Waals surface area contributed by atoms with Gasteiger partial charge in [0.1, 0.15) is 0 Å². The molecule has 2 rings (SSSR count). The lowest BCUT2D eigenvalue weighted by atomic mass is 9.94. The average molecular weight is 310 g/mol. The average Bonchev–Trinajstić information content (AvgIpc) is 2.45. The summed E-state index contributed by atoms with van der Waals surface area (Å²) < 4.78 is 0. The van der Waals surface area contributed by atoms with Crippen molar-refractivity contribution in [1.82, 2.24) is 10.2 Å². The second kappa shape index (κ2) is 8.37. The highest BCUT2D eigenvalue weighted by molar-refractivity contribution is 6.30. The Morgan fingerprint density at radius 1 is 1.38 bits per heavy atom. The molecule has 1 aliphatic heterocycles. The van der Waals surface area contributed by atoms with Crippen LogP contribution in [0.25, 0.3) is 0 Å². The first-order chi connectivity index (χ1) is 10.1. The zero-order valence-corrected chi connectivity index (χ0v) is 13.3. The first kappa shape index (κ1) is 16.3. The lowest BCUT2D eigenvalue weighted by Gasteiger charge is -2.28. The van der Waals surface area contributed by atoms with E-state index in [4.69, 9.17) is 11.6 Å². The van der Waals surface area contributed by atoms with Crippen LogP contribution in [0.3, 0.4) is 0 Å². The summed E-state index contributed by atoms with van der Waals surface area (Å²) in [5, 5.41) is 6.68. The normalized spacial score (nSPS) is 16.9. The van der Waals surface area contributed by atoms with Crippen LogP contribution in [0.5, 0.6) is 0 Å². The van der Waals surface area contributed by atoms with Gasteiger partial charge >= 0.3 is 0 Å². The Hall–Kier alpha value is -1.10. The van der Waals surface area contributed by atoms with Gasteiger partial charge in [-0.25, -0.2) is 0 Å². The van der Waals surface area contributed by atoms with Crippen LogP contribution in [0.2, 0.25) is 5.02 Å². The van der Waals surface area contributed by atoms with Crippen LogP contribution in [-0.2, 0) is 4.79 Å². The Labute approximate surface area is 131 Å². The maximum atomic E-state index is 11.8. The van der Waals surface area contributed by atoms with Gasteiger partial charge in [-0.15, -0.1) is 0 Å². The number of anilines is 1. The molecular weight excluding hydrogens is 286 g/mol. The van der Waals surface area contributed by atoms with E-state index in [1.165, 1.54) is 25.9 Å². The standard InChI is InChI=1S/C16H24ClN3O/c1-20-9-6-13(7-10-20)5-8-18-12-16(21)19-15-4-2-3-14(17)11-15/h2-4,11,13,18H,5-10,12H2,1H3,(H,19,21). The molecule has 1 aromatic rings. The van der Waals surface area contributed by atoms with Crippen LogP contribution in [-0.4, -0.2) is 44.0 Å². The first-order valence-electron chi connectivity index (χ1n) is 7.58. The Kier molecular flexibility index (Phi) is 6.49. The summed E-state index contributed by atoms with van der Waals surface area (Å²) in [6, 6.07) is 7.20. The SMILES string of the molecule is CN1CCC(CCNCC(=O)Nc2cccc(Cl)c2)CC1. The van der Waals surface area contributed by atoms with E-state index in [9.17, 15) is 4.79 Å². The molecule has 0 spiro atoms. The third-order valence-electron chi connectivity index (χ3n) is 3.96. The molecule has 116 valence electrons. The molecule has 0 aliphatic carbocycles. The van der Waals surface area contributed by atoms with Gasteiger partial charge in [0.05, 0.1) is 6.54 Å². The molecule has 0 saturated carbocycles. The predicted molar refractivity (Wildman–Crippen MR) is 87.8 cm³/mol. The highest BCUT2D eigenvalue weighted by atomic mass is 35.5. The summed E-state index contributed by atoms with van der Waals surface area (Å²) in [7, 11) is 2.18. The summed E-state index contributed by atoms with van der Waals surface area (Å²) in [5.41, 5.74) is 0.740. The number of carbonyl (C=O) groups excluding carboxylic acids is 1. The maximum absolute atomic E-state index is 11.8. The molecule has 0 aromatic heterocycles. The zero-order valence-electron chi connectivity index (χ0n) is 12.6. The molecule has 21 heavy (non-hydrogen) atoms. The summed E-state index contributed by atoms with van der Waals surface area (Å²) in [6.45, 7) is 3.64. The van der Waals surface area contributed by atoms with E-state index in [1.54, 1.807) is 12.1 Å². The highest BCUT2D eigenvalue weighted by Crippen LogP contribution is 2.18. The first-order valence-corrected chi connectivity index (χ1v) is 7.96. The molecular formula is C16H24ClN3O. The molecule has 1 heterocycles. The molecule has 0 unspecified atom stereocenters. The van der Waals surface area contributed by atoms with Gasteiger partial charge in [-0.05, 0) is 70.1 Å². The fraction of sp³-hybridized carbons (Fsp3) is 0.562. The van der Waals surface area contributed by atoms with E-state index in [2.05, 4.69) is 22.6 Å². The van der Waals surface area contributed by atoms with E-state index in [0.29, 0.717) is 11.6 Å². The lowest BCUT2D eigenvalue weighted by Crippen LogP contribution is -2.33. The molecule has 5 heteroatoms. The van der Waals surface area contributed by atoms with Crippen LogP contribution in [0.15, 0.2) is 24.3 Å². The fourth-order valence-corrected chi connectivity index (χ4v) is 2.82. The maximum Gasteiger partial charge on any atom is 0.238 e. The Bertz CT molecular complexity index is 459. The molecule has 4 nitrogen and oxygen atoms in total. The van der Waals surface area contributed by atoms with Crippen molar-refractivity contribution in [3.8, 4) is 0 Å². The summed E-state index contributed by atoms with van der Waals surface area (Å²) in [6.07, 6.45) is 3.69. The van der Waals surface area contributed by atoms with Gasteiger partial charge in [-0.3, -0.25) is 4.79 Å². The molecule has 1 amide bonds. The number of likely N-dealkylation sites (tertiary alicyclic amines) is 1. The summed E-state index contributed by atoms with van der Waals surface area (Å²) in [4.78, 5) is 14.2. The highest BCUT2D eigenvalue weighted by Gasteiger charge is 2.15. The van der Waals surface area contributed by atoms with Crippen molar-refractivity contribution >= 4 is 23.2 Å². The van der Waals surface area contributed by atoms with Gasteiger partial charge in [0.2, 0.25) is 5.91 Å². The van der Waals surface area contributed by atoms with Gasteiger partial charge in [0.25, 0.3) is 0 Å². The number of hydrogen-bond donors (Lipinski definition) is 2. The minimum atomic E-state index is -0.0272. The second-order valence-corrected chi connectivity index (χ2v) is 6.21. The van der Waals surface area contributed by atoms with E-state index in [1.807, 2.05) is 12.1 Å². The summed E-state index contributed by atoms with van der Waals surface area (Å²) >= 11 is 5.88. The number of nitrogens with zero attached hydrogens (tertiary/aromatic N) is 1. The Morgan fingerprint density at radius 3 is 2.86 bits per heavy atom. The molecule has 1 saturated heterocycles. The molecule has 0 radical (unpaired) electrons. The molecule has 0 atom stereocenters. The second-order valence-electron chi connectivity index (χ2n) is 5.77. The van der Waals surface area contributed by atoms with E-state index >= 15 is 0 Å². The van der Waals surface area contributed by atoms with Crippen molar-refractivity contribution < 1.29 is 4.79 Å². The number of rotatable bonds is 6. The van der Waals surface area contributed by atoms with E-state index in [0.717, 1.165) is 24.6 Å². The number of benzene rings is 1. The molecule has 0 bridgehead atoms. The largest absolute Gasteiger partial charge is 0.325 e. The monoisotopic (exact) mass is 309 g/mol. The molecule has 2 N–H and O–H groups in total. The number of carbonyl (C=O) groups is 1. The number of nitrogens with one attached hydrogen (secondary N) is 2. The number of halogens is 1. The Morgan fingerprint density at radius 2 is 2.14 bits per heavy atom. The number of piperidine rings is 1. The van der Waals surface area contributed by atoms with Crippen molar-refractivity contribution in [3.05, 3.63) is 29.3 Å². The molecule has 1 aliphatic rings. The third kappa shape index (κ3) is 6.04. The van der Waals surface area contributed by atoms with Crippen molar-refractivity contribution in [1.29, 1.82) is 0 Å². The molecule has 1 aromatic carbocycles. The topological polar surface area (TPSA) is 44.4 Å². The van der Waals surface area contributed by atoms with Crippen LogP contribution < -0.4 is 10.6 Å². The van der Waals surface area contributed by atoms with Crippen molar-refractivity contribution in [3.63, 3.8) is 0 Å². The quantitative estimate of drug-likeness (QED) is 0.794. The van der Waals surface area contributed by atoms with Crippen molar-refractivity contribution in [2.45, 2.75) is 19.3 Å². The van der Waals surface area contributed by atoms with Crippen LogP contribution in [0.4, 0.5) is 5.69 Å². The zero-order chi connectivity index (χ0) is 15.1. The fourth-order valence-electron chi connectivity index (χ4n) is 2.63.